The third-order valence-corrected chi connectivity index (χ3v) is 9.57. The number of hydrogen-bond acceptors (Lipinski definition) is 2. The van der Waals surface area contributed by atoms with Gasteiger partial charge in [0.1, 0.15) is 0 Å². The number of nitrogens with one attached hydrogen (secondary N) is 2. The highest BCUT2D eigenvalue weighted by Crippen LogP contribution is 2.70. The molecule has 5 rings (SSSR count). The van der Waals surface area contributed by atoms with Crippen molar-refractivity contribution in [2.75, 3.05) is 5.32 Å². The Balaban J connectivity index is 1.52. The molecule has 3 aliphatic carbocycles. The molecule has 1 aromatic carbocycles. The molecule has 0 unspecified atom stereocenters. The fourth-order valence-electron chi connectivity index (χ4n) is 8.02. The summed E-state index contributed by atoms with van der Waals surface area (Å²) in [6, 6.07) is 10.2. The van der Waals surface area contributed by atoms with Crippen LogP contribution in [0.5, 0.6) is 0 Å². The van der Waals surface area contributed by atoms with Gasteiger partial charge in [0.15, 0.2) is 0 Å². The molecule has 1 heterocycles. The fourth-order valence-corrected chi connectivity index (χ4v) is 8.02. The van der Waals surface area contributed by atoms with E-state index in [4.69, 9.17) is 0 Å². The minimum Gasteiger partial charge on any atom is -0.353 e. The van der Waals surface area contributed by atoms with E-state index in [2.05, 4.69) is 24.5 Å². The molecule has 1 aliphatic heterocycles. The van der Waals surface area contributed by atoms with Crippen LogP contribution < -0.4 is 10.6 Å². The molecule has 4 heteroatoms. The van der Waals surface area contributed by atoms with Crippen LogP contribution in [0.2, 0.25) is 0 Å². The number of benzene rings is 1. The van der Waals surface area contributed by atoms with E-state index in [0.29, 0.717) is 18.3 Å². The van der Waals surface area contributed by atoms with Crippen molar-refractivity contribution in [1.29, 1.82) is 0 Å². The van der Waals surface area contributed by atoms with Crippen LogP contribution >= 0.6 is 0 Å². The second-order valence-electron chi connectivity index (χ2n) is 10.7. The Hall–Kier alpha value is -1.84. The molecule has 0 bridgehead atoms. The maximum atomic E-state index is 14.0. The minimum absolute atomic E-state index is 0.0914. The second-order valence-corrected chi connectivity index (χ2v) is 10.7. The summed E-state index contributed by atoms with van der Waals surface area (Å²) >= 11 is 0. The summed E-state index contributed by atoms with van der Waals surface area (Å²) in [4.78, 5) is 26.0. The summed E-state index contributed by atoms with van der Waals surface area (Å²) in [7, 11) is 0. The summed E-state index contributed by atoms with van der Waals surface area (Å²) in [6.07, 6.45) is 9.33. The molecule has 0 spiro atoms. The number of hydrogen-bond donors (Lipinski definition) is 2. The molecular weight excluding hydrogens is 360 g/mol. The third-order valence-electron chi connectivity index (χ3n) is 9.57. The molecule has 4 aliphatic rings. The summed E-state index contributed by atoms with van der Waals surface area (Å²) in [5.74, 6) is 1.41. The van der Waals surface area contributed by atoms with Crippen molar-refractivity contribution in [3.8, 4) is 0 Å². The van der Waals surface area contributed by atoms with E-state index >= 15 is 0 Å². The first kappa shape index (κ1) is 19.1. The largest absolute Gasteiger partial charge is 0.353 e. The van der Waals surface area contributed by atoms with Crippen molar-refractivity contribution in [2.45, 2.75) is 77.7 Å². The van der Waals surface area contributed by atoms with Crippen LogP contribution in [0, 0.1) is 28.1 Å². The average Bonchev–Trinajstić information content (AvgIpc) is 3.07. The SMILES string of the molecule is C[C@]12CCC(=O)N[C@@H]1CC[C@@H]1[C@@H]2CC[C@]2(C)CCC[C@@]12C(=O)Nc1ccccc1. The van der Waals surface area contributed by atoms with Crippen molar-refractivity contribution in [3.63, 3.8) is 0 Å². The van der Waals surface area contributed by atoms with E-state index in [-0.39, 0.29) is 34.1 Å². The van der Waals surface area contributed by atoms with Crippen molar-refractivity contribution in [3.05, 3.63) is 30.3 Å². The first-order chi connectivity index (χ1) is 13.9. The number of para-hydroxylation sites is 1. The zero-order valence-corrected chi connectivity index (χ0v) is 17.8. The first-order valence-electron chi connectivity index (χ1n) is 11.5. The quantitative estimate of drug-likeness (QED) is 0.749. The highest BCUT2D eigenvalue weighted by molar-refractivity contribution is 5.96. The van der Waals surface area contributed by atoms with Crippen LogP contribution in [0.25, 0.3) is 0 Å². The van der Waals surface area contributed by atoms with Crippen LogP contribution in [-0.4, -0.2) is 17.9 Å². The van der Waals surface area contributed by atoms with E-state index < -0.39 is 0 Å². The Labute approximate surface area is 174 Å². The van der Waals surface area contributed by atoms with Gasteiger partial charge in [0.25, 0.3) is 0 Å². The van der Waals surface area contributed by atoms with Crippen molar-refractivity contribution < 1.29 is 9.59 Å². The first-order valence-corrected chi connectivity index (χ1v) is 11.5. The molecule has 4 fully saturated rings. The Morgan fingerprint density at radius 2 is 1.79 bits per heavy atom. The molecule has 156 valence electrons. The standard InChI is InChI=1S/C25H34N2O2/c1-23-13-6-14-25(23,22(29)26-17-7-4-3-5-8-17)19-9-10-20-24(2,18(19)11-15-23)16-12-21(28)27-20/h3-5,7-8,18-20H,6,9-16H2,1-2H3,(H,26,29)(H,27,28)/t18-,19+,20+,23-,24+,25-/m0/s1. The van der Waals surface area contributed by atoms with Gasteiger partial charge in [-0.2, -0.15) is 0 Å². The maximum Gasteiger partial charge on any atom is 0.231 e. The van der Waals surface area contributed by atoms with Gasteiger partial charge in [-0.3, -0.25) is 9.59 Å². The molecule has 0 radical (unpaired) electrons. The van der Waals surface area contributed by atoms with E-state index in [1.54, 1.807) is 0 Å². The van der Waals surface area contributed by atoms with E-state index in [0.717, 1.165) is 50.6 Å². The Bertz CT molecular complexity index is 823. The van der Waals surface area contributed by atoms with Crippen LogP contribution in [0.15, 0.2) is 30.3 Å². The van der Waals surface area contributed by atoms with Gasteiger partial charge in [0, 0.05) is 18.2 Å². The molecule has 2 amide bonds. The Kier molecular flexibility index (Phi) is 4.34. The lowest BCUT2D eigenvalue weighted by Crippen LogP contribution is -2.65. The van der Waals surface area contributed by atoms with Crippen LogP contribution in [0.4, 0.5) is 5.69 Å². The highest BCUT2D eigenvalue weighted by Gasteiger charge is 2.67. The summed E-state index contributed by atoms with van der Waals surface area (Å²) in [6.45, 7) is 4.78. The molecule has 0 aromatic heterocycles. The summed E-state index contributed by atoms with van der Waals surface area (Å²) in [5.41, 5.74) is 0.851. The predicted molar refractivity (Wildman–Crippen MR) is 114 cm³/mol. The van der Waals surface area contributed by atoms with E-state index in [1.807, 2.05) is 30.3 Å². The van der Waals surface area contributed by atoms with Gasteiger partial charge < -0.3 is 10.6 Å². The Morgan fingerprint density at radius 3 is 2.59 bits per heavy atom. The highest BCUT2D eigenvalue weighted by atomic mass is 16.2. The smallest absolute Gasteiger partial charge is 0.231 e. The molecule has 3 saturated carbocycles. The number of amides is 2. The van der Waals surface area contributed by atoms with Gasteiger partial charge in [0.2, 0.25) is 11.8 Å². The topological polar surface area (TPSA) is 58.2 Å². The molecule has 1 saturated heterocycles. The van der Waals surface area contributed by atoms with Crippen LogP contribution in [0.1, 0.15) is 71.6 Å². The second kappa shape index (κ2) is 6.58. The van der Waals surface area contributed by atoms with Gasteiger partial charge in [-0.15, -0.1) is 0 Å². The summed E-state index contributed by atoms with van der Waals surface area (Å²) in [5, 5.41) is 6.62. The van der Waals surface area contributed by atoms with Gasteiger partial charge in [-0.05, 0) is 79.7 Å². The normalized spacial score (nSPS) is 43.5. The maximum absolute atomic E-state index is 14.0. The number of carbonyl (C=O) groups excluding carboxylic acids is 2. The predicted octanol–water partition coefficient (Wildman–Crippen LogP) is 4.91. The number of piperidine rings is 1. The number of rotatable bonds is 2. The average molecular weight is 395 g/mol. The van der Waals surface area contributed by atoms with E-state index in [9.17, 15) is 9.59 Å². The fraction of sp³-hybridized carbons (Fsp3) is 0.680. The van der Waals surface area contributed by atoms with Gasteiger partial charge >= 0.3 is 0 Å². The van der Waals surface area contributed by atoms with Gasteiger partial charge in [-0.1, -0.05) is 38.5 Å². The molecule has 4 nitrogen and oxygen atoms in total. The zero-order valence-electron chi connectivity index (χ0n) is 17.8. The third kappa shape index (κ3) is 2.63. The Morgan fingerprint density at radius 1 is 1.00 bits per heavy atom. The molecule has 1 aromatic rings. The number of fused-ring (bicyclic) bond motifs is 5. The van der Waals surface area contributed by atoms with Gasteiger partial charge in [-0.25, -0.2) is 0 Å². The lowest BCUT2D eigenvalue weighted by atomic mass is 9.42. The zero-order chi connectivity index (χ0) is 20.3. The molecule has 29 heavy (non-hydrogen) atoms. The van der Waals surface area contributed by atoms with Crippen LogP contribution in [0.3, 0.4) is 0 Å². The van der Waals surface area contributed by atoms with Gasteiger partial charge in [0.05, 0.1) is 5.41 Å². The van der Waals surface area contributed by atoms with Crippen molar-refractivity contribution in [1.82, 2.24) is 5.32 Å². The molecular formula is C25H34N2O2. The van der Waals surface area contributed by atoms with E-state index in [1.165, 1.54) is 6.42 Å². The molecule has 2 N–H and O–H groups in total. The number of anilines is 1. The van der Waals surface area contributed by atoms with Crippen molar-refractivity contribution in [2.24, 2.45) is 28.1 Å². The molecule has 6 atom stereocenters. The van der Waals surface area contributed by atoms with Crippen LogP contribution in [-0.2, 0) is 9.59 Å². The lowest BCUT2D eigenvalue weighted by molar-refractivity contribution is -0.166. The summed E-state index contributed by atoms with van der Waals surface area (Å²) < 4.78 is 0. The minimum atomic E-state index is -0.277. The monoisotopic (exact) mass is 394 g/mol. The lowest BCUT2D eigenvalue weighted by Gasteiger charge is -2.63. The number of carbonyl (C=O) groups is 2. The van der Waals surface area contributed by atoms with Crippen molar-refractivity contribution >= 4 is 17.5 Å².